The molecule has 0 saturated carbocycles. The fourth-order valence-corrected chi connectivity index (χ4v) is 2.36. The van der Waals surface area contributed by atoms with Gasteiger partial charge in [0.05, 0.1) is 5.75 Å². The van der Waals surface area contributed by atoms with Gasteiger partial charge in [0.15, 0.2) is 0 Å². The average molecular weight is 250 g/mol. The fourth-order valence-electron chi connectivity index (χ4n) is 1.26. The van der Waals surface area contributed by atoms with Crippen molar-refractivity contribution in [3.63, 3.8) is 0 Å². The van der Waals surface area contributed by atoms with Gasteiger partial charge in [-0.2, -0.15) is 0 Å². The van der Waals surface area contributed by atoms with Crippen LogP contribution in [0.15, 0.2) is 0 Å². The summed E-state index contributed by atoms with van der Waals surface area (Å²) in [5.74, 6) is 0.760. The lowest BCUT2D eigenvalue weighted by atomic mass is 10.1. The molecule has 0 aliphatic carbocycles. The second-order valence-corrected chi connectivity index (χ2v) is 6.43. The van der Waals surface area contributed by atoms with E-state index in [4.69, 9.17) is 0 Å². The molecule has 0 unspecified atom stereocenters. The van der Waals surface area contributed by atoms with Gasteiger partial charge in [0.2, 0.25) is 10.0 Å². The minimum absolute atomic E-state index is 0.224. The average Bonchev–Trinajstić information content (AvgIpc) is 2.16. The lowest BCUT2D eigenvalue weighted by Crippen LogP contribution is -2.29. The van der Waals surface area contributed by atoms with Crippen molar-refractivity contribution in [3.8, 4) is 0 Å². The van der Waals surface area contributed by atoms with Crippen molar-refractivity contribution in [2.45, 2.75) is 40.0 Å². The smallest absolute Gasteiger partial charge is 0.211 e. The Balaban J connectivity index is 3.55. The monoisotopic (exact) mass is 250 g/mol. The minimum atomic E-state index is -3.05. The van der Waals surface area contributed by atoms with Crippen LogP contribution in [0.2, 0.25) is 0 Å². The molecule has 0 fully saturated rings. The molecule has 0 aromatic rings. The summed E-state index contributed by atoms with van der Waals surface area (Å²) in [6.45, 7) is 8.56. The van der Waals surface area contributed by atoms with Gasteiger partial charge in [0.25, 0.3) is 0 Å². The van der Waals surface area contributed by atoms with Crippen LogP contribution in [0, 0.1) is 5.92 Å². The molecular weight excluding hydrogens is 224 g/mol. The Bertz CT molecular complexity index is 251. The van der Waals surface area contributed by atoms with E-state index in [-0.39, 0.29) is 5.75 Å². The lowest BCUT2D eigenvalue weighted by molar-refractivity contribution is 0.548. The highest BCUT2D eigenvalue weighted by Crippen LogP contribution is 1.98. The molecule has 98 valence electrons. The SMILES string of the molecule is CCCNCCCS(=O)(=O)NCCC(C)C. The van der Waals surface area contributed by atoms with E-state index in [9.17, 15) is 8.42 Å². The molecule has 0 heterocycles. The van der Waals surface area contributed by atoms with E-state index in [1.165, 1.54) is 0 Å². The van der Waals surface area contributed by atoms with Gasteiger partial charge in [-0.15, -0.1) is 0 Å². The van der Waals surface area contributed by atoms with Crippen LogP contribution in [0.25, 0.3) is 0 Å². The second-order valence-electron chi connectivity index (χ2n) is 4.50. The molecule has 0 bridgehead atoms. The van der Waals surface area contributed by atoms with Crippen molar-refractivity contribution in [2.75, 3.05) is 25.4 Å². The first-order valence-electron chi connectivity index (χ1n) is 6.16. The zero-order valence-corrected chi connectivity index (χ0v) is 11.6. The van der Waals surface area contributed by atoms with E-state index >= 15 is 0 Å². The van der Waals surface area contributed by atoms with E-state index in [1.54, 1.807) is 0 Å². The first-order chi connectivity index (χ1) is 7.48. The predicted molar refractivity (Wildman–Crippen MR) is 69.0 cm³/mol. The number of rotatable bonds is 10. The number of hydrogen-bond acceptors (Lipinski definition) is 3. The van der Waals surface area contributed by atoms with Crippen LogP contribution >= 0.6 is 0 Å². The molecule has 0 radical (unpaired) electrons. The Morgan fingerprint density at radius 2 is 1.81 bits per heavy atom. The summed E-state index contributed by atoms with van der Waals surface area (Å²) < 4.78 is 25.6. The topological polar surface area (TPSA) is 58.2 Å². The van der Waals surface area contributed by atoms with Gasteiger partial charge in [-0.1, -0.05) is 20.8 Å². The largest absolute Gasteiger partial charge is 0.317 e. The summed E-state index contributed by atoms with van der Waals surface area (Å²) in [6, 6.07) is 0. The molecule has 5 heteroatoms. The maximum Gasteiger partial charge on any atom is 0.211 e. The molecule has 16 heavy (non-hydrogen) atoms. The van der Waals surface area contributed by atoms with E-state index in [0.29, 0.717) is 18.9 Å². The van der Waals surface area contributed by atoms with E-state index in [1.807, 2.05) is 0 Å². The second kappa shape index (κ2) is 8.96. The van der Waals surface area contributed by atoms with Crippen molar-refractivity contribution in [3.05, 3.63) is 0 Å². The van der Waals surface area contributed by atoms with Crippen molar-refractivity contribution in [1.29, 1.82) is 0 Å². The van der Waals surface area contributed by atoms with Crippen LogP contribution in [0.5, 0.6) is 0 Å². The van der Waals surface area contributed by atoms with Crippen molar-refractivity contribution >= 4 is 10.0 Å². The third kappa shape index (κ3) is 10.4. The van der Waals surface area contributed by atoms with Crippen molar-refractivity contribution < 1.29 is 8.42 Å². The third-order valence-electron chi connectivity index (χ3n) is 2.24. The van der Waals surface area contributed by atoms with Crippen LogP contribution in [0.4, 0.5) is 0 Å². The highest BCUT2D eigenvalue weighted by Gasteiger charge is 2.08. The van der Waals surface area contributed by atoms with Gasteiger partial charge in [-0.25, -0.2) is 13.1 Å². The van der Waals surface area contributed by atoms with Gasteiger partial charge in [0, 0.05) is 6.54 Å². The van der Waals surface area contributed by atoms with Crippen LogP contribution in [0.1, 0.15) is 40.0 Å². The van der Waals surface area contributed by atoms with Crippen LogP contribution < -0.4 is 10.0 Å². The quantitative estimate of drug-likeness (QED) is 0.575. The van der Waals surface area contributed by atoms with E-state index in [0.717, 1.165) is 25.9 Å². The van der Waals surface area contributed by atoms with Gasteiger partial charge in [-0.3, -0.25) is 0 Å². The normalized spacial score (nSPS) is 12.2. The Morgan fingerprint density at radius 1 is 1.12 bits per heavy atom. The number of sulfonamides is 1. The van der Waals surface area contributed by atoms with Crippen LogP contribution in [-0.4, -0.2) is 33.8 Å². The molecule has 0 amide bonds. The molecular formula is C11H26N2O2S. The summed E-state index contributed by atoms with van der Waals surface area (Å²) >= 11 is 0. The fraction of sp³-hybridized carbons (Fsp3) is 1.00. The van der Waals surface area contributed by atoms with Crippen LogP contribution in [0.3, 0.4) is 0 Å². The first-order valence-corrected chi connectivity index (χ1v) is 7.81. The lowest BCUT2D eigenvalue weighted by Gasteiger charge is -2.08. The number of hydrogen-bond donors (Lipinski definition) is 2. The molecule has 0 saturated heterocycles. The van der Waals surface area contributed by atoms with Gasteiger partial charge < -0.3 is 5.32 Å². The molecule has 0 aromatic carbocycles. The molecule has 2 N–H and O–H groups in total. The van der Waals surface area contributed by atoms with E-state index < -0.39 is 10.0 Å². The zero-order valence-electron chi connectivity index (χ0n) is 10.8. The van der Waals surface area contributed by atoms with Crippen molar-refractivity contribution in [2.24, 2.45) is 5.92 Å². The summed E-state index contributed by atoms with van der Waals surface area (Å²) in [7, 11) is -3.05. The Kier molecular flexibility index (Phi) is 8.89. The van der Waals surface area contributed by atoms with Gasteiger partial charge in [-0.05, 0) is 38.3 Å². The molecule has 0 aromatic heterocycles. The Labute approximate surface area is 100 Å². The summed E-state index contributed by atoms with van der Waals surface area (Å²) in [5.41, 5.74) is 0. The maximum absolute atomic E-state index is 11.5. The minimum Gasteiger partial charge on any atom is -0.317 e. The highest BCUT2D eigenvalue weighted by atomic mass is 32.2. The predicted octanol–water partition coefficient (Wildman–Crippen LogP) is 1.34. The van der Waals surface area contributed by atoms with Gasteiger partial charge >= 0.3 is 0 Å². The molecule has 0 atom stereocenters. The maximum atomic E-state index is 11.5. The Morgan fingerprint density at radius 3 is 2.38 bits per heavy atom. The molecule has 0 aliphatic rings. The standard InChI is InChI=1S/C11H26N2O2S/c1-4-7-12-8-5-10-16(14,15)13-9-6-11(2)3/h11-13H,4-10H2,1-3H3. The molecule has 0 aliphatic heterocycles. The summed E-state index contributed by atoms with van der Waals surface area (Å²) in [4.78, 5) is 0. The van der Waals surface area contributed by atoms with Crippen molar-refractivity contribution in [1.82, 2.24) is 10.0 Å². The summed E-state index contributed by atoms with van der Waals surface area (Å²) in [6.07, 6.45) is 2.66. The highest BCUT2D eigenvalue weighted by molar-refractivity contribution is 7.89. The molecule has 0 spiro atoms. The van der Waals surface area contributed by atoms with Gasteiger partial charge in [0.1, 0.15) is 0 Å². The van der Waals surface area contributed by atoms with E-state index in [2.05, 4.69) is 30.8 Å². The summed E-state index contributed by atoms with van der Waals surface area (Å²) in [5, 5.41) is 3.19. The Hall–Kier alpha value is -0.130. The number of nitrogens with one attached hydrogen (secondary N) is 2. The molecule has 4 nitrogen and oxygen atoms in total. The third-order valence-corrected chi connectivity index (χ3v) is 3.71. The zero-order chi connectivity index (χ0) is 12.4. The first kappa shape index (κ1) is 15.9. The van der Waals surface area contributed by atoms with Crippen LogP contribution in [-0.2, 0) is 10.0 Å². The molecule has 0 rings (SSSR count).